The third kappa shape index (κ3) is 2.67. The Morgan fingerprint density at radius 3 is 2.53 bits per heavy atom. The third-order valence-corrected chi connectivity index (χ3v) is 4.80. The Morgan fingerprint density at radius 2 is 2.00 bits per heavy atom. The summed E-state index contributed by atoms with van der Waals surface area (Å²) in [7, 11) is 0. The van der Waals surface area contributed by atoms with Crippen LogP contribution in [0.1, 0.15) is 56.3 Å². The topological polar surface area (TPSA) is 44.0 Å². The molecule has 1 aliphatic rings. The van der Waals surface area contributed by atoms with Crippen molar-refractivity contribution in [1.82, 2.24) is 0 Å². The van der Waals surface area contributed by atoms with E-state index in [0.29, 0.717) is 0 Å². The van der Waals surface area contributed by atoms with E-state index in [1.807, 2.05) is 31.2 Å². The molecule has 0 radical (unpaired) electrons. The largest absolute Gasteiger partial charge is 0.387 e. The van der Waals surface area contributed by atoms with Gasteiger partial charge in [-0.3, -0.25) is 0 Å². The number of aryl methyl sites for hydroxylation is 1. The molecular formula is C17H23NO. The molecular weight excluding hydrogens is 234 g/mol. The average Bonchev–Trinajstić information content (AvgIpc) is 2.47. The summed E-state index contributed by atoms with van der Waals surface area (Å²) in [5.41, 5.74) is 1.40. The first-order valence-corrected chi connectivity index (χ1v) is 7.28. The van der Waals surface area contributed by atoms with E-state index in [1.165, 1.54) is 6.42 Å². The van der Waals surface area contributed by atoms with Crippen LogP contribution in [-0.2, 0) is 0 Å². The average molecular weight is 257 g/mol. The number of nitrogens with zero attached hydrogens (tertiary/aromatic N) is 1. The number of benzene rings is 1. The number of rotatable bonds is 3. The number of aliphatic hydroxyl groups is 1. The van der Waals surface area contributed by atoms with Gasteiger partial charge in [-0.15, -0.1) is 0 Å². The SMILES string of the molecule is CCC1CCC(C#N)(C(O)c2ccccc2C)CC1. The molecule has 0 saturated heterocycles. The molecule has 0 aliphatic heterocycles. The first-order chi connectivity index (χ1) is 9.13. The van der Waals surface area contributed by atoms with Gasteiger partial charge in [0.05, 0.1) is 17.6 Å². The van der Waals surface area contributed by atoms with Crippen molar-refractivity contribution in [2.45, 2.75) is 52.1 Å². The zero-order valence-corrected chi connectivity index (χ0v) is 11.9. The van der Waals surface area contributed by atoms with Gasteiger partial charge in [-0.25, -0.2) is 0 Å². The van der Waals surface area contributed by atoms with Gasteiger partial charge in [-0.05, 0) is 49.7 Å². The van der Waals surface area contributed by atoms with Crippen LogP contribution in [0.2, 0.25) is 0 Å². The Hall–Kier alpha value is -1.33. The first kappa shape index (κ1) is 14.1. The van der Waals surface area contributed by atoms with Gasteiger partial charge in [0.1, 0.15) is 0 Å². The number of hydrogen-bond acceptors (Lipinski definition) is 2. The van der Waals surface area contributed by atoms with Crippen molar-refractivity contribution >= 4 is 0 Å². The van der Waals surface area contributed by atoms with Crippen molar-refractivity contribution in [3.63, 3.8) is 0 Å². The van der Waals surface area contributed by atoms with E-state index in [2.05, 4.69) is 13.0 Å². The van der Waals surface area contributed by atoms with Crippen molar-refractivity contribution in [2.75, 3.05) is 0 Å². The lowest BCUT2D eigenvalue weighted by Crippen LogP contribution is -2.32. The van der Waals surface area contributed by atoms with Crippen LogP contribution in [-0.4, -0.2) is 5.11 Å². The van der Waals surface area contributed by atoms with Crippen molar-refractivity contribution in [3.05, 3.63) is 35.4 Å². The lowest BCUT2D eigenvalue weighted by molar-refractivity contribution is 0.0238. The van der Waals surface area contributed by atoms with E-state index >= 15 is 0 Å². The van der Waals surface area contributed by atoms with Gasteiger partial charge in [0, 0.05) is 0 Å². The Kier molecular flexibility index (Phi) is 4.27. The third-order valence-electron chi connectivity index (χ3n) is 4.80. The Balaban J connectivity index is 2.23. The molecule has 1 aromatic carbocycles. The highest BCUT2D eigenvalue weighted by atomic mass is 16.3. The molecule has 1 unspecified atom stereocenters. The summed E-state index contributed by atoms with van der Waals surface area (Å²) in [6.45, 7) is 4.21. The smallest absolute Gasteiger partial charge is 0.0978 e. The van der Waals surface area contributed by atoms with Gasteiger partial charge in [0.2, 0.25) is 0 Å². The van der Waals surface area contributed by atoms with Gasteiger partial charge < -0.3 is 5.11 Å². The van der Waals surface area contributed by atoms with Gasteiger partial charge in [0.25, 0.3) is 0 Å². The highest BCUT2D eigenvalue weighted by Gasteiger charge is 2.42. The summed E-state index contributed by atoms with van der Waals surface area (Å²) in [5, 5.41) is 20.3. The molecule has 0 amide bonds. The maximum Gasteiger partial charge on any atom is 0.0978 e. The molecule has 19 heavy (non-hydrogen) atoms. The molecule has 2 heteroatoms. The van der Waals surface area contributed by atoms with Crippen molar-refractivity contribution in [3.8, 4) is 6.07 Å². The lowest BCUT2D eigenvalue weighted by atomic mass is 9.66. The van der Waals surface area contributed by atoms with Gasteiger partial charge in [0.15, 0.2) is 0 Å². The number of aliphatic hydroxyl groups excluding tert-OH is 1. The van der Waals surface area contributed by atoms with E-state index in [0.717, 1.165) is 42.7 Å². The second-order valence-electron chi connectivity index (χ2n) is 5.88. The molecule has 1 aliphatic carbocycles. The Morgan fingerprint density at radius 1 is 1.37 bits per heavy atom. The van der Waals surface area contributed by atoms with Crippen molar-refractivity contribution < 1.29 is 5.11 Å². The van der Waals surface area contributed by atoms with Crippen molar-refractivity contribution in [2.24, 2.45) is 11.3 Å². The summed E-state index contributed by atoms with van der Waals surface area (Å²) in [6.07, 6.45) is 4.29. The lowest BCUT2D eigenvalue weighted by Gasteiger charge is -2.38. The minimum absolute atomic E-state index is 0.586. The quantitative estimate of drug-likeness (QED) is 0.884. The molecule has 1 fully saturated rings. The molecule has 0 spiro atoms. The molecule has 1 saturated carbocycles. The van der Waals surface area contributed by atoms with Gasteiger partial charge in [-0.1, -0.05) is 37.6 Å². The highest BCUT2D eigenvalue weighted by molar-refractivity contribution is 5.31. The molecule has 102 valence electrons. The molecule has 2 rings (SSSR count). The standard InChI is InChI=1S/C17H23NO/c1-3-14-8-10-17(12-18,11-9-14)16(19)15-7-5-4-6-13(15)2/h4-7,14,16,19H,3,8-11H2,1-2H3. The van der Waals surface area contributed by atoms with Crippen LogP contribution >= 0.6 is 0 Å². The minimum atomic E-state index is -0.656. The van der Waals surface area contributed by atoms with Crippen LogP contribution < -0.4 is 0 Å². The summed E-state index contributed by atoms with van der Waals surface area (Å²) < 4.78 is 0. The van der Waals surface area contributed by atoms with Crippen molar-refractivity contribution in [1.29, 1.82) is 5.26 Å². The highest BCUT2D eigenvalue weighted by Crippen LogP contribution is 2.48. The maximum absolute atomic E-state index is 10.7. The van der Waals surface area contributed by atoms with Crippen LogP contribution in [0.15, 0.2) is 24.3 Å². The van der Waals surface area contributed by atoms with E-state index in [1.54, 1.807) is 0 Å². The van der Waals surface area contributed by atoms with E-state index in [9.17, 15) is 10.4 Å². The normalized spacial score (nSPS) is 28.6. The zero-order valence-electron chi connectivity index (χ0n) is 11.9. The van der Waals surface area contributed by atoms with Crippen LogP contribution in [0, 0.1) is 29.6 Å². The van der Waals surface area contributed by atoms with Crippen LogP contribution in [0.5, 0.6) is 0 Å². The molecule has 0 heterocycles. The molecule has 0 bridgehead atoms. The molecule has 2 nitrogen and oxygen atoms in total. The van der Waals surface area contributed by atoms with E-state index < -0.39 is 11.5 Å². The first-order valence-electron chi connectivity index (χ1n) is 7.28. The fraction of sp³-hybridized carbons (Fsp3) is 0.588. The number of hydrogen-bond donors (Lipinski definition) is 1. The predicted octanol–water partition coefficient (Wildman–Crippen LogP) is 4.14. The van der Waals surface area contributed by atoms with Gasteiger partial charge in [-0.2, -0.15) is 5.26 Å². The maximum atomic E-state index is 10.7. The van der Waals surface area contributed by atoms with Gasteiger partial charge >= 0.3 is 0 Å². The van der Waals surface area contributed by atoms with Crippen LogP contribution in [0.3, 0.4) is 0 Å². The molecule has 1 aromatic rings. The van der Waals surface area contributed by atoms with Crippen LogP contribution in [0.25, 0.3) is 0 Å². The summed E-state index contributed by atoms with van der Waals surface area (Å²) in [5.74, 6) is 0.727. The Labute approximate surface area is 116 Å². The molecule has 1 atom stereocenters. The zero-order chi connectivity index (χ0) is 13.9. The Bertz CT molecular complexity index is 466. The van der Waals surface area contributed by atoms with Crippen LogP contribution in [0.4, 0.5) is 0 Å². The molecule has 0 aromatic heterocycles. The number of nitriles is 1. The summed E-state index contributed by atoms with van der Waals surface area (Å²) in [4.78, 5) is 0. The molecule has 1 N–H and O–H groups in total. The minimum Gasteiger partial charge on any atom is -0.387 e. The monoisotopic (exact) mass is 257 g/mol. The predicted molar refractivity (Wildman–Crippen MR) is 76.4 cm³/mol. The second kappa shape index (κ2) is 5.75. The summed E-state index contributed by atoms with van der Waals surface area (Å²) in [6, 6.07) is 10.3. The van der Waals surface area contributed by atoms with E-state index in [-0.39, 0.29) is 0 Å². The van der Waals surface area contributed by atoms with E-state index in [4.69, 9.17) is 0 Å². The fourth-order valence-corrected chi connectivity index (χ4v) is 3.24. The summed E-state index contributed by atoms with van der Waals surface area (Å²) >= 11 is 0. The second-order valence-corrected chi connectivity index (χ2v) is 5.88. The fourth-order valence-electron chi connectivity index (χ4n) is 3.24.